The summed E-state index contributed by atoms with van der Waals surface area (Å²) in [6.07, 6.45) is 2.81. The Balaban J connectivity index is 1.42. The number of aromatic nitrogens is 5. The number of amides is 1. The number of nitrogens with zero attached hydrogens (tertiary/aromatic N) is 7. The van der Waals surface area contributed by atoms with E-state index in [0.29, 0.717) is 6.54 Å². The summed E-state index contributed by atoms with van der Waals surface area (Å²) in [4.78, 5) is 32.0. The highest BCUT2D eigenvalue weighted by Crippen LogP contribution is 2.38. The molecule has 40 heavy (non-hydrogen) atoms. The Kier molecular flexibility index (Phi) is 6.92. The number of piperazine rings is 1. The van der Waals surface area contributed by atoms with Gasteiger partial charge in [0, 0.05) is 81.0 Å². The number of anilines is 2. The van der Waals surface area contributed by atoms with Crippen LogP contribution in [0.15, 0.2) is 24.4 Å². The van der Waals surface area contributed by atoms with E-state index in [1.165, 1.54) is 5.56 Å². The van der Waals surface area contributed by atoms with Gasteiger partial charge in [-0.15, -0.1) is 0 Å². The van der Waals surface area contributed by atoms with Crippen molar-refractivity contribution in [2.75, 3.05) is 49.1 Å². The van der Waals surface area contributed by atoms with Crippen LogP contribution in [0.4, 0.5) is 11.6 Å². The Morgan fingerprint density at radius 1 is 1.12 bits per heavy atom. The molecule has 2 aliphatic heterocycles. The molecule has 1 saturated heterocycles. The first-order valence-electron chi connectivity index (χ1n) is 13.9. The number of fused-ring (bicyclic) bond motifs is 2. The molecule has 0 aliphatic carbocycles. The van der Waals surface area contributed by atoms with Gasteiger partial charge in [0.25, 0.3) is 0 Å². The number of benzene rings is 1. The first kappa shape index (κ1) is 26.6. The van der Waals surface area contributed by atoms with Crippen molar-refractivity contribution in [2.45, 2.75) is 39.7 Å². The van der Waals surface area contributed by atoms with E-state index >= 15 is 0 Å². The van der Waals surface area contributed by atoms with Crippen molar-refractivity contribution in [3.8, 4) is 11.4 Å². The lowest BCUT2D eigenvalue weighted by Gasteiger charge is -2.38. The summed E-state index contributed by atoms with van der Waals surface area (Å²) in [5.41, 5.74) is 11.9. The molecule has 6 rings (SSSR count). The second-order valence-electron chi connectivity index (χ2n) is 11.2. The van der Waals surface area contributed by atoms with E-state index in [4.69, 9.17) is 32.4 Å². The maximum absolute atomic E-state index is 11.5. The van der Waals surface area contributed by atoms with Crippen LogP contribution < -0.4 is 15.5 Å². The van der Waals surface area contributed by atoms with Crippen LogP contribution in [0.3, 0.4) is 0 Å². The third kappa shape index (κ3) is 4.69. The molecule has 0 unspecified atom stereocenters. The second-order valence-corrected chi connectivity index (χ2v) is 11.6. The molecule has 5 heterocycles. The third-order valence-corrected chi connectivity index (χ3v) is 8.43. The number of nitrogens with two attached hydrogens (primary N) is 1. The number of carbonyl (C=O) groups is 1. The van der Waals surface area contributed by atoms with E-state index in [2.05, 4.69) is 58.7 Å². The Morgan fingerprint density at radius 2 is 1.90 bits per heavy atom. The van der Waals surface area contributed by atoms with Crippen molar-refractivity contribution >= 4 is 40.0 Å². The minimum atomic E-state index is -0.297. The Morgan fingerprint density at radius 3 is 2.60 bits per heavy atom. The lowest BCUT2D eigenvalue weighted by atomic mass is 10.0. The van der Waals surface area contributed by atoms with Crippen LogP contribution in [0.25, 0.3) is 22.3 Å². The number of nitrogens with one attached hydrogen (secondary N) is 1. The molecule has 0 spiro atoms. The summed E-state index contributed by atoms with van der Waals surface area (Å²) in [5, 5.41) is 6.60. The van der Waals surface area contributed by atoms with Crippen molar-refractivity contribution in [3.05, 3.63) is 51.9 Å². The molecule has 2 aliphatic rings. The first-order chi connectivity index (χ1) is 19.2. The molecule has 11 heteroatoms. The highest BCUT2D eigenvalue weighted by atomic mass is 35.5. The second kappa shape index (κ2) is 10.4. The van der Waals surface area contributed by atoms with Crippen molar-refractivity contribution in [3.63, 3.8) is 0 Å². The van der Waals surface area contributed by atoms with Crippen LogP contribution in [-0.4, -0.2) is 74.8 Å². The summed E-state index contributed by atoms with van der Waals surface area (Å²) in [7, 11) is 1.96. The van der Waals surface area contributed by atoms with E-state index in [1.807, 2.05) is 17.9 Å². The minimum Gasteiger partial charge on any atom is -0.369 e. The van der Waals surface area contributed by atoms with Gasteiger partial charge in [0.05, 0.1) is 17.9 Å². The fourth-order valence-corrected chi connectivity index (χ4v) is 6.56. The molecule has 0 radical (unpaired) electrons. The van der Waals surface area contributed by atoms with Gasteiger partial charge in [0.1, 0.15) is 16.7 Å². The molecular weight excluding hydrogens is 526 g/mol. The van der Waals surface area contributed by atoms with Crippen LogP contribution in [0.1, 0.15) is 42.3 Å². The predicted octanol–water partition coefficient (Wildman–Crippen LogP) is 3.61. The predicted molar refractivity (Wildman–Crippen MR) is 159 cm³/mol. The highest BCUT2D eigenvalue weighted by molar-refractivity contribution is 6.33. The van der Waals surface area contributed by atoms with Gasteiger partial charge >= 0.3 is 0 Å². The van der Waals surface area contributed by atoms with Gasteiger partial charge in [-0.05, 0) is 24.5 Å². The van der Waals surface area contributed by atoms with E-state index in [1.54, 1.807) is 0 Å². The monoisotopic (exact) mass is 561 g/mol. The van der Waals surface area contributed by atoms with Gasteiger partial charge in [0.2, 0.25) is 5.91 Å². The number of hydrogen-bond acceptors (Lipinski definition) is 7. The molecule has 0 atom stereocenters. The maximum atomic E-state index is 11.5. The van der Waals surface area contributed by atoms with Crippen LogP contribution in [0, 0.1) is 6.92 Å². The van der Waals surface area contributed by atoms with Crippen LogP contribution in [-0.2, 0) is 24.8 Å². The Labute approximate surface area is 239 Å². The topological polar surface area (TPSA) is 112 Å². The van der Waals surface area contributed by atoms with E-state index < -0.39 is 0 Å². The number of H-pyrrole nitrogens is 1. The molecule has 10 nitrogen and oxygen atoms in total. The highest BCUT2D eigenvalue weighted by Gasteiger charge is 2.31. The van der Waals surface area contributed by atoms with Gasteiger partial charge in [0.15, 0.2) is 5.82 Å². The van der Waals surface area contributed by atoms with E-state index in [9.17, 15) is 4.79 Å². The molecule has 3 aromatic heterocycles. The summed E-state index contributed by atoms with van der Waals surface area (Å²) in [6, 6.07) is 6.25. The number of carbonyl (C=O) groups excluding carboxylic acids is 1. The minimum absolute atomic E-state index is 0.238. The zero-order valence-electron chi connectivity index (χ0n) is 23.5. The molecule has 0 bridgehead atoms. The number of aromatic amines is 1. The summed E-state index contributed by atoms with van der Waals surface area (Å²) in [6.45, 7) is 11.1. The van der Waals surface area contributed by atoms with Gasteiger partial charge in [-0.1, -0.05) is 37.6 Å². The van der Waals surface area contributed by atoms with Gasteiger partial charge in [-0.25, -0.2) is 9.97 Å². The smallest absolute Gasteiger partial charge is 0.231 e. The quantitative estimate of drug-likeness (QED) is 0.370. The van der Waals surface area contributed by atoms with E-state index in [-0.39, 0.29) is 18.4 Å². The zero-order valence-corrected chi connectivity index (χ0v) is 24.3. The van der Waals surface area contributed by atoms with Crippen molar-refractivity contribution in [1.29, 1.82) is 0 Å². The number of primary amides is 1. The Hall–Kier alpha value is -3.63. The molecule has 0 saturated carbocycles. The van der Waals surface area contributed by atoms with E-state index in [0.717, 1.165) is 95.0 Å². The zero-order chi connectivity index (χ0) is 28.1. The molecule has 1 fully saturated rings. The maximum Gasteiger partial charge on any atom is 0.231 e. The standard InChI is InChI=1S/C29H36ClN9O/c1-17(2)26-25(30)29(36(4)35-26)39-9-8-21-20(15-39)28(38-12-10-37(11-13-38)16-23(31)40)34-27(33-21)19-6-5-7-22-24(19)18(3)14-32-22/h5-7,14,17,32H,8-13,15-16H2,1-4H3,(H2,31,40). The first-order valence-corrected chi connectivity index (χ1v) is 14.3. The van der Waals surface area contributed by atoms with Crippen molar-refractivity contribution in [2.24, 2.45) is 12.8 Å². The number of aryl methyl sites for hydroxylation is 2. The average Bonchev–Trinajstić information content (AvgIpc) is 3.46. The third-order valence-electron chi connectivity index (χ3n) is 8.07. The summed E-state index contributed by atoms with van der Waals surface area (Å²) in [5.74, 6) is 2.58. The molecular formula is C29H36ClN9O. The van der Waals surface area contributed by atoms with Crippen LogP contribution >= 0.6 is 11.6 Å². The fourth-order valence-electron chi connectivity index (χ4n) is 6.06. The van der Waals surface area contributed by atoms with Crippen LogP contribution in [0.2, 0.25) is 5.02 Å². The number of hydrogen-bond donors (Lipinski definition) is 2. The molecule has 210 valence electrons. The lowest BCUT2D eigenvalue weighted by Crippen LogP contribution is -2.49. The SMILES string of the molecule is Cc1c[nH]c2cccc(-c3nc4c(c(N5CCN(CC(N)=O)CC5)n3)CN(c3c(Cl)c(C(C)C)nn3C)CC4)c12. The average molecular weight is 562 g/mol. The van der Waals surface area contributed by atoms with Gasteiger partial charge in [-0.2, -0.15) is 5.10 Å². The Bertz CT molecular complexity index is 1580. The number of halogens is 1. The van der Waals surface area contributed by atoms with Crippen LogP contribution in [0.5, 0.6) is 0 Å². The van der Waals surface area contributed by atoms with Crippen molar-refractivity contribution < 1.29 is 4.79 Å². The molecule has 1 amide bonds. The number of rotatable bonds is 6. The van der Waals surface area contributed by atoms with Gasteiger partial charge < -0.3 is 20.5 Å². The van der Waals surface area contributed by atoms with Crippen molar-refractivity contribution in [1.82, 2.24) is 29.6 Å². The lowest BCUT2D eigenvalue weighted by molar-refractivity contribution is -0.119. The molecule has 1 aromatic carbocycles. The molecule has 3 N–H and O–H groups in total. The summed E-state index contributed by atoms with van der Waals surface area (Å²) >= 11 is 6.88. The fraction of sp³-hybridized carbons (Fsp3) is 0.448. The largest absolute Gasteiger partial charge is 0.369 e. The van der Waals surface area contributed by atoms with Gasteiger partial charge in [-0.3, -0.25) is 14.4 Å². The molecule has 4 aromatic rings. The summed E-state index contributed by atoms with van der Waals surface area (Å²) < 4.78 is 1.90. The normalized spacial score (nSPS) is 16.2.